The molecule has 3 aromatic rings. The molecule has 0 aliphatic carbocycles. The van der Waals surface area contributed by atoms with Crippen molar-refractivity contribution >= 4 is 28.5 Å². The van der Waals surface area contributed by atoms with Gasteiger partial charge in [-0.15, -0.1) is 0 Å². The second kappa shape index (κ2) is 8.26. The molecule has 0 radical (unpaired) electrons. The van der Waals surface area contributed by atoms with Crippen LogP contribution in [-0.2, 0) is 11.8 Å². The fourth-order valence-corrected chi connectivity index (χ4v) is 3.33. The van der Waals surface area contributed by atoms with Crippen molar-refractivity contribution in [3.63, 3.8) is 0 Å². The molecule has 152 valence electrons. The molecule has 0 atom stereocenters. The number of aryl methyl sites for hydroxylation is 1. The summed E-state index contributed by atoms with van der Waals surface area (Å²) in [5.41, 5.74) is 2.78. The lowest BCUT2D eigenvalue weighted by Gasteiger charge is -2.13. The van der Waals surface area contributed by atoms with Crippen molar-refractivity contribution in [2.45, 2.75) is 13.8 Å². The van der Waals surface area contributed by atoms with Gasteiger partial charge in [0.05, 0.1) is 37.6 Å². The molecule has 1 aromatic heterocycles. The van der Waals surface area contributed by atoms with Crippen LogP contribution >= 0.6 is 0 Å². The quantitative estimate of drug-likeness (QED) is 0.639. The van der Waals surface area contributed by atoms with Gasteiger partial charge in [0, 0.05) is 23.7 Å². The largest absolute Gasteiger partial charge is 0.497 e. The Hall–Kier alpha value is -3.48. The maximum Gasteiger partial charge on any atom is 0.340 e. The number of ether oxygens (including phenoxy) is 3. The Balaban J connectivity index is 2.18. The molecule has 0 saturated carbocycles. The summed E-state index contributed by atoms with van der Waals surface area (Å²) in [6, 6.07) is 10.4. The second-order valence-electron chi connectivity index (χ2n) is 6.46. The highest BCUT2D eigenvalue weighted by atomic mass is 16.5. The highest BCUT2D eigenvalue weighted by Crippen LogP contribution is 2.38. The number of fused-ring (bicyclic) bond motifs is 1. The van der Waals surface area contributed by atoms with Gasteiger partial charge in [0.15, 0.2) is 0 Å². The fourth-order valence-electron chi connectivity index (χ4n) is 3.33. The summed E-state index contributed by atoms with van der Waals surface area (Å²) in [5.74, 6) is 0.238. The molecule has 7 nitrogen and oxygen atoms in total. The van der Waals surface area contributed by atoms with E-state index in [-0.39, 0.29) is 12.5 Å². The number of aromatic nitrogens is 1. The second-order valence-corrected chi connectivity index (χ2v) is 6.46. The van der Waals surface area contributed by atoms with E-state index in [2.05, 4.69) is 5.32 Å². The van der Waals surface area contributed by atoms with Gasteiger partial charge in [-0.25, -0.2) is 4.79 Å². The Kier molecular flexibility index (Phi) is 5.77. The number of hydrogen-bond donors (Lipinski definition) is 1. The normalized spacial score (nSPS) is 10.7. The maximum atomic E-state index is 12.9. The van der Waals surface area contributed by atoms with Gasteiger partial charge < -0.3 is 24.1 Å². The first-order valence-electron chi connectivity index (χ1n) is 9.21. The number of nitrogens with zero attached hydrogens (tertiary/aromatic N) is 1. The third-order valence-corrected chi connectivity index (χ3v) is 4.89. The Morgan fingerprint density at radius 3 is 2.52 bits per heavy atom. The summed E-state index contributed by atoms with van der Waals surface area (Å²) in [6.45, 7) is 3.85. The summed E-state index contributed by atoms with van der Waals surface area (Å²) in [4.78, 5) is 25.6. The highest BCUT2D eigenvalue weighted by Gasteiger charge is 2.25. The number of esters is 1. The molecule has 3 rings (SSSR count). The van der Waals surface area contributed by atoms with Crippen molar-refractivity contribution < 1.29 is 23.8 Å². The number of methoxy groups -OCH3 is 2. The minimum atomic E-state index is -0.444. The van der Waals surface area contributed by atoms with E-state index in [4.69, 9.17) is 14.2 Å². The maximum absolute atomic E-state index is 12.9. The van der Waals surface area contributed by atoms with E-state index >= 15 is 0 Å². The van der Waals surface area contributed by atoms with Crippen molar-refractivity contribution in [2.75, 3.05) is 26.1 Å². The molecule has 1 heterocycles. The Morgan fingerprint density at radius 2 is 1.86 bits per heavy atom. The minimum Gasteiger partial charge on any atom is -0.497 e. The molecule has 0 saturated heterocycles. The van der Waals surface area contributed by atoms with Crippen molar-refractivity contribution in [3.05, 3.63) is 53.2 Å². The van der Waals surface area contributed by atoms with E-state index in [1.807, 2.05) is 24.6 Å². The summed E-state index contributed by atoms with van der Waals surface area (Å²) >= 11 is 0. The topological polar surface area (TPSA) is 78.8 Å². The van der Waals surface area contributed by atoms with Crippen LogP contribution in [0.25, 0.3) is 10.9 Å². The van der Waals surface area contributed by atoms with Gasteiger partial charge in [0.1, 0.15) is 11.5 Å². The number of carbonyl (C=O) groups excluding carboxylic acids is 2. The van der Waals surface area contributed by atoms with Crippen LogP contribution in [0, 0.1) is 6.92 Å². The molecule has 0 bridgehead atoms. The number of anilines is 1. The zero-order chi connectivity index (χ0) is 21.1. The van der Waals surface area contributed by atoms with Crippen LogP contribution < -0.4 is 14.8 Å². The van der Waals surface area contributed by atoms with Crippen LogP contribution in [0.4, 0.5) is 5.69 Å². The standard InChI is InChI=1S/C22H24N2O5/c1-6-29-22(26)18-13(2)24(3)16-10-11-17(28-5)20(19(16)18)23-21(25)14-8-7-9-15(12-14)27-4/h7-12H,6H2,1-5H3,(H,23,25). The van der Waals surface area contributed by atoms with E-state index < -0.39 is 5.97 Å². The molecule has 0 fully saturated rings. The SMILES string of the molecule is CCOC(=O)c1c(C)n(C)c2ccc(OC)c(NC(=O)c3cccc(OC)c3)c12. The van der Waals surface area contributed by atoms with Gasteiger partial charge in [0.2, 0.25) is 0 Å². The zero-order valence-corrected chi connectivity index (χ0v) is 17.2. The third-order valence-electron chi connectivity index (χ3n) is 4.89. The van der Waals surface area contributed by atoms with E-state index in [9.17, 15) is 9.59 Å². The van der Waals surface area contributed by atoms with Gasteiger partial charge in [-0.05, 0) is 44.2 Å². The first-order chi connectivity index (χ1) is 13.9. The highest BCUT2D eigenvalue weighted by molar-refractivity contribution is 6.16. The Labute approximate surface area is 169 Å². The van der Waals surface area contributed by atoms with Crippen LogP contribution in [0.1, 0.15) is 33.3 Å². The summed E-state index contributed by atoms with van der Waals surface area (Å²) in [5, 5.41) is 3.49. The number of rotatable bonds is 6. The lowest BCUT2D eigenvalue weighted by Crippen LogP contribution is -2.14. The third kappa shape index (κ3) is 3.63. The molecule has 1 N–H and O–H groups in total. The van der Waals surface area contributed by atoms with Crippen LogP contribution in [0.2, 0.25) is 0 Å². The van der Waals surface area contributed by atoms with Crippen molar-refractivity contribution in [2.24, 2.45) is 7.05 Å². The average Bonchev–Trinajstić information content (AvgIpc) is 2.99. The minimum absolute atomic E-state index is 0.254. The fraction of sp³-hybridized carbons (Fsp3) is 0.273. The molecular weight excluding hydrogens is 372 g/mol. The lowest BCUT2D eigenvalue weighted by molar-refractivity contribution is 0.0527. The summed E-state index contributed by atoms with van der Waals surface area (Å²) < 4.78 is 17.8. The molecule has 0 unspecified atom stereocenters. The Bertz CT molecular complexity index is 1080. The van der Waals surface area contributed by atoms with Gasteiger partial charge in [0.25, 0.3) is 5.91 Å². The van der Waals surface area contributed by atoms with Crippen molar-refractivity contribution in [3.8, 4) is 11.5 Å². The first-order valence-corrected chi connectivity index (χ1v) is 9.21. The van der Waals surface area contributed by atoms with Crippen molar-refractivity contribution in [1.29, 1.82) is 0 Å². The van der Waals surface area contributed by atoms with Gasteiger partial charge in [-0.2, -0.15) is 0 Å². The number of amides is 1. The predicted molar refractivity (Wildman–Crippen MR) is 111 cm³/mol. The molecule has 2 aromatic carbocycles. The van der Waals surface area contributed by atoms with Crippen LogP contribution in [0.3, 0.4) is 0 Å². The molecule has 7 heteroatoms. The van der Waals surface area contributed by atoms with E-state index in [1.54, 1.807) is 44.4 Å². The first kappa shape index (κ1) is 20.3. The van der Waals surface area contributed by atoms with Crippen LogP contribution in [0.15, 0.2) is 36.4 Å². The smallest absolute Gasteiger partial charge is 0.340 e. The van der Waals surface area contributed by atoms with E-state index in [0.717, 1.165) is 11.2 Å². The number of hydrogen-bond acceptors (Lipinski definition) is 5. The van der Waals surface area contributed by atoms with Crippen molar-refractivity contribution in [1.82, 2.24) is 4.57 Å². The molecule has 1 amide bonds. The summed E-state index contributed by atoms with van der Waals surface area (Å²) in [6.07, 6.45) is 0. The molecule has 29 heavy (non-hydrogen) atoms. The molecule has 0 spiro atoms. The number of nitrogens with one attached hydrogen (secondary N) is 1. The van der Waals surface area contributed by atoms with E-state index in [0.29, 0.717) is 33.7 Å². The van der Waals surface area contributed by atoms with Gasteiger partial charge in [-0.3, -0.25) is 4.79 Å². The predicted octanol–water partition coefficient (Wildman–Crippen LogP) is 3.93. The lowest BCUT2D eigenvalue weighted by atomic mass is 10.1. The van der Waals surface area contributed by atoms with Crippen LogP contribution in [0.5, 0.6) is 11.5 Å². The molecule has 0 aliphatic heterocycles. The monoisotopic (exact) mass is 396 g/mol. The molecular formula is C22H24N2O5. The number of carbonyl (C=O) groups is 2. The van der Waals surface area contributed by atoms with Gasteiger partial charge in [-0.1, -0.05) is 6.07 Å². The van der Waals surface area contributed by atoms with E-state index in [1.165, 1.54) is 7.11 Å². The zero-order valence-electron chi connectivity index (χ0n) is 17.2. The average molecular weight is 396 g/mol. The van der Waals surface area contributed by atoms with Crippen LogP contribution in [-0.4, -0.2) is 37.3 Å². The Morgan fingerprint density at radius 1 is 1.10 bits per heavy atom. The summed E-state index contributed by atoms with van der Waals surface area (Å²) in [7, 11) is 4.92. The molecule has 0 aliphatic rings. The van der Waals surface area contributed by atoms with Gasteiger partial charge >= 0.3 is 5.97 Å². The number of benzene rings is 2.